The van der Waals surface area contributed by atoms with Crippen molar-refractivity contribution in [3.8, 4) is 11.8 Å². The second-order valence-electron chi connectivity index (χ2n) is 5.74. The van der Waals surface area contributed by atoms with E-state index >= 15 is 0 Å². The van der Waals surface area contributed by atoms with Gasteiger partial charge in [-0.15, -0.1) is 0 Å². The summed E-state index contributed by atoms with van der Waals surface area (Å²) in [6.07, 6.45) is 2.78. The zero-order chi connectivity index (χ0) is 15.0. The van der Waals surface area contributed by atoms with Crippen LogP contribution in [0, 0.1) is 16.7 Å². The maximum absolute atomic E-state index is 8.99. The maximum Gasteiger partial charge on any atom is 0.124 e. The van der Waals surface area contributed by atoms with Crippen molar-refractivity contribution in [1.82, 2.24) is 5.32 Å². The highest BCUT2D eigenvalue weighted by molar-refractivity contribution is 5.35. The van der Waals surface area contributed by atoms with Gasteiger partial charge in [-0.25, -0.2) is 0 Å². The van der Waals surface area contributed by atoms with Gasteiger partial charge in [-0.2, -0.15) is 5.26 Å². The first-order chi connectivity index (χ1) is 9.54. The summed E-state index contributed by atoms with van der Waals surface area (Å²) in [7, 11) is 1.97. The van der Waals surface area contributed by atoms with E-state index < -0.39 is 0 Å². The minimum atomic E-state index is -0.264. The lowest BCUT2D eigenvalue weighted by Gasteiger charge is -2.19. The molecule has 0 aromatic heterocycles. The van der Waals surface area contributed by atoms with Crippen LogP contribution in [-0.2, 0) is 0 Å². The first-order valence-corrected chi connectivity index (χ1v) is 7.34. The molecule has 0 spiro atoms. The molecule has 1 aromatic rings. The van der Waals surface area contributed by atoms with Crippen molar-refractivity contribution in [3.63, 3.8) is 0 Å². The van der Waals surface area contributed by atoms with Gasteiger partial charge in [-0.05, 0) is 46.2 Å². The minimum Gasteiger partial charge on any atom is -0.493 e. The van der Waals surface area contributed by atoms with Gasteiger partial charge >= 0.3 is 0 Å². The van der Waals surface area contributed by atoms with Crippen LogP contribution in [0.5, 0.6) is 5.75 Å². The van der Waals surface area contributed by atoms with Gasteiger partial charge in [0.1, 0.15) is 5.75 Å². The Morgan fingerprint density at radius 2 is 2.05 bits per heavy atom. The number of hydrogen-bond acceptors (Lipinski definition) is 3. The molecule has 0 radical (unpaired) electrons. The molecular weight excluding hydrogens is 248 g/mol. The number of nitriles is 1. The van der Waals surface area contributed by atoms with Crippen molar-refractivity contribution in [2.24, 2.45) is 5.41 Å². The van der Waals surface area contributed by atoms with E-state index in [9.17, 15) is 0 Å². The van der Waals surface area contributed by atoms with Crippen LogP contribution in [0.15, 0.2) is 24.3 Å². The average Bonchev–Trinajstić information content (AvgIpc) is 2.46. The van der Waals surface area contributed by atoms with Gasteiger partial charge in [0.05, 0.1) is 18.1 Å². The number of nitrogens with one attached hydrogen (secondary N) is 1. The third-order valence-electron chi connectivity index (χ3n) is 3.56. The highest BCUT2D eigenvalue weighted by Crippen LogP contribution is 2.27. The highest BCUT2D eigenvalue weighted by atomic mass is 16.5. The number of ether oxygens (including phenoxy) is 1. The summed E-state index contributed by atoms with van der Waals surface area (Å²) in [6, 6.07) is 10.8. The Morgan fingerprint density at radius 3 is 2.65 bits per heavy atom. The van der Waals surface area contributed by atoms with E-state index in [1.807, 2.05) is 39.1 Å². The quantitative estimate of drug-likeness (QED) is 0.727. The molecule has 0 amide bonds. The van der Waals surface area contributed by atoms with Crippen molar-refractivity contribution >= 4 is 0 Å². The fourth-order valence-electron chi connectivity index (χ4n) is 2.23. The van der Waals surface area contributed by atoms with Crippen molar-refractivity contribution in [2.45, 2.75) is 46.1 Å². The fourth-order valence-corrected chi connectivity index (χ4v) is 2.23. The van der Waals surface area contributed by atoms with Crippen LogP contribution in [0.3, 0.4) is 0 Å². The van der Waals surface area contributed by atoms with Gasteiger partial charge < -0.3 is 10.1 Å². The Bertz CT molecular complexity index is 445. The molecule has 1 N–H and O–H groups in total. The molecule has 3 nitrogen and oxygen atoms in total. The molecule has 0 saturated carbocycles. The Labute approximate surface area is 123 Å². The second kappa shape index (κ2) is 7.91. The second-order valence-corrected chi connectivity index (χ2v) is 5.74. The third-order valence-corrected chi connectivity index (χ3v) is 3.56. The first kappa shape index (κ1) is 16.5. The van der Waals surface area contributed by atoms with Crippen molar-refractivity contribution in [3.05, 3.63) is 29.8 Å². The monoisotopic (exact) mass is 274 g/mol. The Balaban J connectivity index is 2.58. The zero-order valence-corrected chi connectivity index (χ0v) is 13.1. The summed E-state index contributed by atoms with van der Waals surface area (Å²) in [5.41, 5.74) is 0.942. The Hall–Kier alpha value is -1.53. The first-order valence-electron chi connectivity index (χ1n) is 7.34. The van der Waals surface area contributed by atoms with Gasteiger partial charge in [0.2, 0.25) is 0 Å². The summed E-state index contributed by atoms with van der Waals surface area (Å²) in [4.78, 5) is 0. The van der Waals surface area contributed by atoms with E-state index in [1.54, 1.807) is 0 Å². The smallest absolute Gasteiger partial charge is 0.124 e. The van der Waals surface area contributed by atoms with E-state index in [1.165, 1.54) is 5.56 Å². The molecular formula is C17H26N2O. The summed E-state index contributed by atoms with van der Waals surface area (Å²) >= 11 is 0. The van der Waals surface area contributed by atoms with E-state index in [0.29, 0.717) is 12.6 Å². The van der Waals surface area contributed by atoms with E-state index in [0.717, 1.165) is 25.0 Å². The minimum absolute atomic E-state index is 0.264. The molecule has 110 valence electrons. The fraction of sp³-hybridized carbons (Fsp3) is 0.588. The molecule has 0 heterocycles. The zero-order valence-electron chi connectivity index (χ0n) is 13.1. The van der Waals surface area contributed by atoms with Gasteiger partial charge in [-0.1, -0.05) is 25.1 Å². The van der Waals surface area contributed by atoms with E-state index in [2.05, 4.69) is 24.4 Å². The van der Waals surface area contributed by atoms with Gasteiger partial charge in [0, 0.05) is 11.6 Å². The van der Waals surface area contributed by atoms with E-state index in [-0.39, 0.29) is 5.41 Å². The highest BCUT2D eigenvalue weighted by Gasteiger charge is 2.16. The molecule has 0 bridgehead atoms. The largest absolute Gasteiger partial charge is 0.493 e. The molecule has 1 atom stereocenters. The van der Waals surface area contributed by atoms with Gasteiger partial charge in [0.15, 0.2) is 0 Å². The van der Waals surface area contributed by atoms with Crippen LogP contribution in [0.4, 0.5) is 0 Å². The summed E-state index contributed by atoms with van der Waals surface area (Å²) < 4.78 is 5.91. The van der Waals surface area contributed by atoms with Crippen LogP contribution in [0.1, 0.15) is 51.6 Å². The third kappa shape index (κ3) is 4.86. The normalized spacial score (nSPS) is 12.8. The molecule has 1 unspecified atom stereocenters. The molecule has 1 aromatic carbocycles. The van der Waals surface area contributed by atoms with Crippen LogP contribution in [-0.4, -0.2) is 13.7 Å². The molecule has 0 aliphatic carbocycles. The molecule has 20 heavy (non-hydrogen) atoms. The van der Waals surface area contributed by atoms with Crippen LogP contribution in [0.25, 0.3) is 0 Å². The number of hydrogen-bond donors (Lipinski definition) is 1. The average molecular weight is 274 g/mol. The van der Waals surface area contributed by atoms with Crippen molar-refractivity contribution in [1.29, 1.82) is 5.26 Å². The summed E-state index contributed by atoms with van der Waals surface area (Å²) in [5, 5.41) is 12.3. The lowest BCUT2D eigenvalue weighted by Crippen LogP contribution is -2.17. The van der Waals surface area contributed by atoms with Gasteiger partial charge in [-0.3, -0.25) is 0 Å². The molecule has 3 heteroatoms. The van der Waals surface area contributed by atoms with Gasteiger partial charge in [0.25, 0.3) is 0 Å². The van der Waals surface area contributed by atoms with E-state index in [4.69, 9.17) is 10.00 Å². The van der Waals surface area contributed by atoms with Crippen molar-refractivity contribution < 1.29 is 4.74 Å². The lowest BCUT2D eigenvalue weighted by molar-refractivity contribution is 0.279. The van der Waals surface area contributed by atoms with Crippen LogP contribution < -0.4 is 10.1 Å². The topological polar surface area (TPSA) is 45.0 Å². The number of nitrogens with zero attached hydrogens (tertiary/aromatic N) is 1. The molecule has 0 aliphatic heterocycles. The van der Waals surface area contributed by atoms with Crippen LogP contribution >= 0.6 is 0 Å². The Kier molecular flexibility index (Phi) is 6.54. The molecule has 0 saturated heterocycles. The summed E-state index contributed by atoms with van der Waals surface area (Å²) in [5.74, 6) is 0.948. The molecule has 1 rings (SSSR count). The van der Waals surface area contributed by atoms with Crippen molar-refractivity contribution in [2.75, 3.05) is 13.7 Å². The number of rotatable bonds is 8. The molecule has 0 aliphatic rings. The maximum atomic E-state index is 8.99. The number of para-hydroxylation sites is 1. The standard InChI is InChI=1S/C17H26N2O/c1-5-15(19-4)14-9-6-7-10-16(14)20-12-8-11-17(2,3)13-18/h6-7,9-10,15,19H,5,8,11-12H2,1-4H3. The lowest BCUT2D eigenvalue weighted by atomic mass is 9.90. The van der Waals surface area contributed by atoms with Crippen LogP contribution in [0.2, 0.25) is 0 Å². The molecule has 0 fully saturated rings. The predicted octanol–water partition coefficient (Wildman–Crippen LogP) is 4.07. The Morgan fingerprint density at radius 1 is 1.35 bits per heavy atom. The summed E-state index contributed by atoms with van der Waals surface area (Å²) in [6.45, 7) is 6.75. The number of benzene rings is 1. The predicted molar refractivity (Wildman–Crippen MR) is 82.7 cm³/mol. The SMILES string of the molecule is CCC(NC)c1ccccc1OCCCC(C)(C)C#N.